The summed E-state index contributed by atoms with van der Waals surface area (Å²) in [5.74, 6) is 4.54. The minimum absolute atomic E-state index is 0.277. The molecule has 0 amide bonds. The molecule has 0 aromatic carbocycles. The van der Waals surface area contributed by atoms with Gasteiger partial charge in [0, 0.05) is 5.75 Å². The fourth-order valence-electron chi connectivity index (χ4n) is 0.150. The molecule has 0 atom stereocenters. The molecule has 0 saturated heterocycles. The number of thiol groups is 1. The minimum atomic E-state index is -0.421. The molecule has 2 N–H and O–H groups in total. The van der Waals surface area contributed by atoms with E-state index in [-0.39, 0.29) is 6.42 Å². The molecule has 0 heterocycles. The van der Waals surface area contributed by atoms with Crippen LogP contribution in [0.3, 0.4) is 0 Å². The molecule has 0 fully saturated rings. The summed E-state index contributed by atoms with van der Waals surface area (Å²) in [6.45, 7) is 0. The van der Waals surface area contributed by atoms with Crippen LogP contribution in [-0.4, -0.2) is 11.7 Å². The maximum Gasteiger partial charge on any atom is 0.325 e. The first-order chi connectivity index (χ1) is 3.31. The minimum Gasteiger partial charge on any atom is -0.373 e. The first-order valence-corrected chi connectivity index (χ1v) is 2.45. The Morgan fingerprint density at radius 1 is 1.86 bits per heavy atom. The van der Waals surface area contributed by atoms with Gasteiger partial charge in [-0.25, -0.2) is 0 Å². The van der Waals surface area contributed by atoms with Gasteiger partial charge in [-0.2, -0.15) is 18.5 Å². The van der Waals surface area contributed by atoms with E-state index in [0.717, 1.165) is 0 Å². The van der Waals surface area contributed by atoms with Gasteiger partial charge >= 0.3 is 5.97 Å². The van der Waals surface area contributed by atoms with Crippen molar-refractivity contribution in [2.75, 3.05) is 5.75 Å². The molecule has 7 heavy (non-hydrogen) atoms. The average molecular weight is 121 g/mol. The molecule has 0 aromatic heterocycles. The summed E-state index contributed by atoms with van der Waals surface area (Å²) in [5, 5.41) is 0. The SMILES string of the molecule is NOC(=O)CCS. The summed E-state index contributed by atoms with van der Waals surface area (Å²) in [4.78, 5) is 13.8. The zero-order valence-corrected chi connectivity index (χ0v) is 4.65. The van der Waals surface area contributed by atoms with Crippen molar-refractivity contribution in [1.82, 2.24) is 0 Å². The highest BCUT2D eigenvalue weighted by Gasteiger charge is 1.94. The van der Waals surface area contributed by atoms with E-state index in [2.05, 4.69) is 23.4 Å². The van der Waals surface area contributed by atoms with Crippen LogP contribution in [0, 0.1) is 0 Å². The monoisotopic (exact) mass is 121 g/mol. The van der Waals surface area contributed by atoms with Crippen molar-refractivity contribution in [3.8, 4) is 0 Å². The summed E-state index contributed by atoms with van der Waals surface area (Å²) in [7, 11) is 0. The fraction of sp³-hybridized carbons (Fsp3) is 0.667. The van der Waals surface area contributed by atoms with Gasteiger partial charge in [0.25, 0.3) is 0 Å². The van der Waals surface area contributed by atoms with E-state index in [0.29, 0.717) is 5.75 Å². The average Bonchev–Trinajstić information content (AvgIpc) is 1.68. The number of carbonyl (C=O) groups is 1. The van der Waals surface area contributed by atoms with Crippen molar-refractivity contribution in [3.05, 3.63) is 0 Å². The summed E-state index contributed by atoms with van der Waals surface area (Å²) < 4.78 is 0. The highest BCUT2D eigenvalue weighted by molar-refractivity contribution is 7.80. The quantitative estimate of drug-likeness (QED) is 0.390. The topological polar surface area (TPSA) is 52.3 Å². The summed E-state index contributed by atoms with van der Waals surface area (Å²) in [5.41, 5.74) is 0. The Morgan fingerprint density at radius 3 is 2.57 bits per heavy atom. The maximum atomic E-state index is 10.0. The zero-order chi connectivity index (χ0) is 5.70. The van der Waals surface area contributed by atoms with Crippen molar-refractivity contribution in [3.63, 3.8) is 0 Å². The Kier molecular flexibility index (Phi) is 3.83. The number of hydrogen-bond acceptors (Lipinski definition) is 4. The van der Waals surface area contributed by atoms with Gasteiger partial charge in [0.05, 0.1) is 6.42 Å². The Hall–Kier alpha value is -0.220. The molecule has 0 radical (unpaired) electrons. The van der Waals surface area contributed by atoms with E-state index in [9.17, 15) is 4.79 Å². The molecule has 0 saturated carbocycles. The number of rotatable bonds is 2. The Morgan fingerprint density at radius 2 is 2.43 bits per heavy atom. The van der Waals surface area contributed by atoms with Crippen LogP contribution >= 0.6 is 12.6 Å². The smallest absolute Gasteiger partial charge is 0.325 e. The third-order valence-corrected chi connectivity index (χ3v) is 0.671. The number of carbonyl (C=O) groups excluding carboxylic acids is 1. The Balaban J connectivity index is 3.00. The highest BCUT2D eigenvalue weighted by atomic mass is 32.1. The molecule has 0 rings (SSSR count). The second-order valence-corrected chi connectivity index (χ2v) is 1.41. The maximum absolute atomic E-state index is 10.0. The summed E-state index contributed by atoms with van der Waals surface area (Å²) in [6.07, 6.45) is 0.277. The molecule has 3 nitrogen and oxygen atoms in total. The lowest BCUT2D eigenvalue weighted by atomic mass is 10.5. The molecule has 42 valence electrons. The van der Waals surface area contributed by atoms with Crippen LogP contribution in [0.4, 0.5) is 0 Å². The first kappa shape index (κ1) is 6.78. The first-order valence-electron chi connectivity index (χ1n) is 1.81. The van der Waals surface area contributed by atoms with Crippen LogP contribution < -0.4 is 5.90 Å². The zero-order valence-electron chi connectivity index (χ0n) is 3.76. The van der Waals surface area contributed by atoms with Crippen molar-refractivity contribution in [2.45, 2.75) is 6.42 Å². The third kappa shape index (κ3) is 3.61. The van der Waals surface area contributed by atoms with Crippen molar-refractivity contribution in [1.29, 1.82) is 0 Å². The summed E-state index contributed by atoms with van der Waals surface area (Å²) in [6, 6.07) is 0. The molecule has 0 unspecified atom stereocenters. The standard InChI is InChI=1S/C3H7NO2S/c4-6-3(5)1-2-7/h7H,1-2,4H2. The molecule has 0 aliphatic carbocycles. The van der Waals surface area contributed by atoms with Gasteiger partial charge < -0.3 is 4.84 Å². The Bertz CT molecular complexity index is 66.0. The molecule has 0 bridgehead atoms. The van der Waals surface area contributed by atoms with Gasteiger partial charge in [-0.15, -0.1) is 0 Å². The van der Waals surface area contributed by atoms with E-state index in [1.165, 1.54) is 0 Å². The van der Waals surface area contributed by atoms with Crippen LogP contribution in [0.15, 0.2) is 0 Å². The van der Waals surface area contributed by atoms with Crippen molar-refractivity contribution >= 4 is 18.6 Å². The second kappa shape index (κ2) is 3.95. The third-order valence-electron chi connectivity index (χ3n) is 0.447. The van der Waals surface area contributed by atoms with Crippen LogP contribution in [0.25, 0.3) is 0 Å². The van der Waals surface area contributed by atoms with Crippen molar-refractivity contribution in [2.24, 2.45) is 5.90 Å². The van der Waals surface area contributed by atoms with E-state index in [4.69, 9.17) is 0 Å². The molecular formula is C3H7NO2S. The van der Waals surface area contributed by atoms with Crippen LogP contribution in [0.2, 0.25) is 0 Å². The van der Waals surface area contributed by atoms with Gasteiger partial charge in [0.15, 0.2) is 0 Å². The van der Waals surface area contributed by atoms with Gasteiger partial charge in [-0.3, -0.25) is 4.79 Å². The Labute approximate surface area is 47.2 Å². The molecule has 0 aliphatic heterocycles. The largest absolute Gasteiger partial charge is 0.373 e. The number of hydrogen-bond donors (Lipinski definition) is 2. The van der Waals surface area contributed by atoms with Gasteiger partial charge in [0.2, 0.25) is 0 Å². The van der Waals surface area contributed by atoms with E-state index >= 15 is 0 Å². The van der Waals surface area contributed by atoms with E-state index in [1.54, 1.807) is 0 Å². The molecule has 0 aromatic rings. The van der Waals surface area contributed by atoms with Crippen LogP contribution in [0.1, 0.15) is 6.42 Å². The molecule has 4 heteroatoms. The van der Waals surface area contributed by atoms with Crippen LogP contribution in [0.5, 0.6) is 0 Å². The van der Waals surface area contributed by atoms with Crippen molar-refractivity contribution < 1.29 is 9.63 Å². The van der Waals surface area contributed by atoms with Gasteiger partial charge in [-0.05, 0) is 0 Å². The molecule has 0 spiro atoms. The summed E-state index contributed by atoms with van der Waals surface area (Å²) >= 11 is 3.76. The fourth-order valence-corrected chi connectivity index (χ4v) is 0.333. The predicted molar refractivity (Wildman–Crippen MR) is 28.7 cm³/mol. The van der Waals surface area contributed by atoms with E-state index < -0.39 is 5.97 Å². The lowest BCUT2D eigenvalue weighted by molar-refractivity contribution is -0.143. The normalized spacial score (nSPS) is 8.29. The van der Waals surface area contributed by atoms with Gasteiger partial charge in [-0.1, -0.05) is 0 Å². The molecular weight excluding hydrogens is 114 g/mol. The predicted octanol–water partition coefficient (Wildman–Crippen LogP) is -0.277. The lowest BCUT2D eigenvalue weighted by Gasteiger charge is -1.89. The van der Waals surface area contributed by atoms with Gasteiger partial charge in [0.1, 0.15) is 0 Å². The highest BCUT2D eigenvalue weighted by Crippen LogP contribution is 1.83. The number of nitrogens with two attached hydrogens (primary N) is 1. The molecule has 0 aliphatic rings. The second-order valence-electron chi connectivity index (χ2n) is 0.963. The lowest BCUT2D eigenvalue weighted by Crippen LogP contribution is -2.09. The van der Waals surface area contributed by atoms with E-state index in [1.807, 2.05) is 0 Å². The van der Waals surface area contributed by atoms with Crippen LogP contribution in [-0.2, 0) is 9.63 Å².